The maximum absolute atomic E-state index is 12.6. The molecule has 1 heterocycles. The van der Waals surface area contributed by atoms with Gasteiger partial charge >= 0.3 is 5.97 Å². The van der Waals surface area contributed by atoms with Crippen LogP contribution in [0.15, 0.2) is 17.8 Å². The van der Waals surface area contributed by atoms with Crippen LogP contribution in [0, 0.1) is 5.92 Å². The number of ether oxygens (including phenoxy) is 1. The Morgan fingerprint density at radius 3 is 2.58 bits per heavy atom. The van der Waals surface area contributed by atoms with E-state index < -0.39 is 11.8 Å². The summed E-state index contributed by atoms with van der Waals surface area (Å²) in [7, 11) is 0. The van der Waals surface area contributed by atoms with E-state index in [0.717, 1.165) is 0 Å². The van der Waals surface area contributed by atoms with Gasteiger partial charge in [0, 0.05) is 6.20 Å². The molecule has 0 aliphatic heterocycles. The van der Waals surface area contributed by atoms with Crippen LogP contribution in [0.3, 0.4) is 0 Å². The summed E-state index contributed by atoms with van der Waals surface area (Å²) in [5.74, 6) is -1.45. The summed E-state index contributed by atoms with van der Waals surface area (Å²) in [6.45, 7) is 5.33. The number of ketones is 1. The average molecular weight is 376 g/mol. The van der Waals surface area contributed by atoms with Crippen molar-refractivity contribution >= 4 is 35.0 Å². The fourth-order valence-corrected chi connectivity index (χ4v) is 2.05. The zero-order valence-corrected chi connectivity index (χ0v) is 15.1. The SMILES string of the molecule is CCOC(=O)/C(=C\N[C@H](CO)C(C)C)C(=O)c1cc(Cl)nnc1Cl. The lowest BCUT2D eigenvalue weighted by atomic mass is 10.0. The number of halogens is 2. The number of nitrogens with one attached hydrogen (secondary N) is 1. The van der Waals surface area contributed by atoms with Gasteiger partial charge < -0.3 is 15.2 Å². The number of hydrogen-bond acceptors (Lipinski definition) is 7. The molecule has 132 valence electrons. The normalized spacial score (nSPS) is 12.9. The standard InChI is InChI=1S/C15H19Cl2N3O4/c1-4-24-15(23)10(6-18-11(7-21)8(2)3)13(22)9-5-12(16)19-20-14(9)17/h5-6,8,11,18,21H,4,7H2,1-3H3/b10-6-/t11-/m1/s1. The first-order chi connectivity index (χ1) is 11.3. The Morgan fingerprint density at radius 1 is 1.38 bits per heavy atom. The maximum Gasteiger partial charge on any atom is 0.343 e. The Morgan fingerprint density at radius 2 is 2.04 bits per heavy atom. The molecule has 7 nitrogen and oxygen atoms in total. The molecule has 2 N–H and O–H groups in total. The van der Waals surface area contributed by atoms with Crippen molar-refractivity contribution in [1.29, 1.82) is 0 Å². The first-order valence-electron chi connectivity index (χ1n) is 7.29. The minimum Gasteiger partial charge on any atom is -0.462 e. The molecule has 0 bridgehead atoms. The highest BCUT2D eigenvalue weighted by Gasteiger charge is 2.25. The molecule has 0 saturated carbocycles. The van der Waals surface area contributed by atoms with Gasteiger partial charge in [0.05, 0.1) is 24.8 Å². The summed E-state index contributed by atoms with van der Waals surface area (Å²) in [6.07, 6.45) is 1.21. The molecule has 0 spiro atoms. The number of Topliss-reactive ketones (excluding diaryl/α,β-unsaturated/α-hetero) is 1. The van der Waals surface area contributed by atoms with Crippen LogP contribution in [0.1, 0.15) is 31.1 Å². The van der Waals surface area contributed by atoms with Gasteiger partial charge in [-0.3, -0.25) is 4.79 Å². The van der Waals surface area contributed by atoms with Crippen LogP contribution in [-0.2, 0) is 9.53 Å². The summed E-state index contributed by atoms with van der Waals surface area (Å²) < 4.78 is 4.90. The zero-order valence-electron chi connectivity index (χ0n) is 13.5. The van der Waals surface area contributed by atoms with Gasteiger partial charge in [-0.2, -0.15) is 0 Å². The molecule has 1 atom stereocenters. The second-order valence-corrected chi connectivity index (χ2v) is 5.92. The smallest absolute Gasteiger partial charge is 0.343 e. The Kier molecular flexibility index (Phi) is 8.10. The second kappa shape index (κ2) is 9.56. The maximum atomic E-state index is 12.6. The average Bonchev–Trinajstić information content (AvgIpc) is 2.53. The van der Waals surface area contributed by atoms with Crippen molar-refractivity contribution in [1.82, 2.24) is 15.5 Å². The third-order valence-corrected chi connectivity index (χ3v) is 3.61. The first kappa shape index (κ1) is 20.3. The van der Waals surface area contributed by atoms with E-state index in [1.807, 2.05) is 13.8 Å². The van der Waals surface area contributed by atoms with E-state index in [1.165, 1.54) is 12.3 Å². The van der Waals surface area contributed by atoms with Crippen molar-refractivity contribution < 1.29 is 19.4 Å². The van der Waals surface area contributed by atoms with Gasteiger partial charge in [0.1, 0.15) is 5.57 Å². The van der Waals surface area contributed by atoms with Crippen LogP contribution in [0.25, 0.3) is 0 Å². The molecular formula is C15H19Cl2N3O4. The van der Waals surface area contributed by atoms with Crippen molar-refractivity contribution in [2.24, 2.45) is 5.92 Å². The van der Waals surface area contributed by atoms with Crippen LogP contribution >= 0.6 is 23.2 Å². The number of nitrogens with zero attached hydrogens (tertiary/aromatic N) is 2. The highest BCUT2D eigenvalue weighted by Crippen LogP contribution is 2.19. The van der Waals surface area contributed by atoms with Crippen LogP contribution in [0.5, 0.6) is 0 Å². The molecule has 1 rings (SSSR count). The fourth-order valence-electron chi connectivity index (χ4n) is 1.73. The third-order valence-electron chi connectivity index (χ3n) is 3.15. The highest BCUT2D eigenvalue weighted by molar-refractivity contribution is 6.37. The lowest BCUT2D eigenvalue weighted by molar-refractivity contribution is -0.138. The molecule has 0 aliphatic carbocycles. The number of rotatable bonds is 8. The van der Waals surface area contributed by atoms with E-state index in [-0.39, 0.29) is 46.6 Å². The zero-order chi connectivity index (χ0) is 18.3. The van der Waals surface area contributed by atoms with Gasteiger partial charge in [-0.15, -0.1) is 10.2 Å². The highest BCUT2D eigenvalue weighted by atomic mass is 35.5. The van der Waals surface area contributed by atoms with Crippen molar-refractivity contribution in [3.63, 3.8) is 0 Å². The molecule has 0 amide bonds. The van der Waals surface area contributed by atoms with Crippen LogP contribution in [0.4, 0.5) is 0 Å². The van der Waals surface area contributed by atoms with Crippen LogP contribution in [0.2, 0.25) is 10.3 Å². The van der Waals surface area contributed by atoms with E-state index in [4.69, 9.17) is 27.9 Å². The van der Waals surface area contributed by atoms with E-state index in [2.05, 4.69) is 15.5 Å². The fraction of sp³-hybridized carbons (Fsp3) is 0.467. The molecule has 0 aromatic carbocycles. The topological polar surface area (TPSA) is 101 Å². The van der Waals surface area contributed by atoms with Gasteiger partial charge in [-0.05, 0) is 18.9 Å². The molecule has 1 aromatic rings. The quantitative estimate of drug-likeness (QED) is 0.235. The molecule has 0 saturated heterocycles. The number of carbonyl (C=O) groups is 2. The molecule has 0 fully saturated rings. The van der Waals surface area contributed by atoms with E-state index in [1.54, 1.807) is 6.92 Å². The van der Waals surface area contributed by atoms with Crippen LogP contribution < -0.4 is 5.32 Å². The van der Waals surface area contributed by atoms with Crippen molar-refractivity contribution in [3.8, 4) is 0 Å². The van der Waals surface area contributed by atoms with Gasteiger partial charge in [0.2, 0.25) is 5.78 Å². The Labute approximate surface area is 150 Å². The molecule has 1 aromatic heterocycles. The first-order valence-corrected chi connectivity index (χ1v) is 8.05. The number of esters is 1. The van der Waals surface area contributed by atoms with Crippen molar-refractivity contribution in [2.45, 2.75) is 26.8 Å². The molecule has 0 aliphatic rings. The van der Waals surface area contributed by atoms with E-state index in [9.17, 15) is 14.7 Å². The molecule has 0 unspecified atom stereocenters. The summed E-state index contributed by atoms with van der Waals surface area (Å²) in [6, 6.07) is 0.884. The Balaban J connectivity index is 3.20. The lowest BCUT2D eigenvalue weighted by Crippen LogP contribution is -2.34. The predicted octanol–water partition coefficient (Wildman–Crippen LogP) is 2.02. The number of aliphatic hydroxyl groups is 1. The number of hydrogen-bond donors (Lipinski definition) is 2. The van der Waals surface area contributed by atoms with E-state index in [0.29, 0.717) is 0 Å². The number of carbonyl (C=O) groups excluding carboxylic acids is 2. The summed E-state index contributed by atoms with van der Waals surface area (Å²) in [5.41, 5.74) is -0.343. The van der Waals surface area contributed by atoms with Gasteiger partial charge in [0.15, 0.2) is 10.3 Å². The van der Waals surface area contributed by atoms with Crippen LogP contribution in [-0.4, -0.2) is 46.3 Å². The van der Waals surface area contributed by atoms with E-state index >= 15 is 0 Å². The minimum absolute atomic E-state index is 0.0330. The van der Waals surface area contributed by atoms with Crippen molar-refractivity contribution in [2.75, 3.05) is 13.2 Å². The Bertz CT molecular complexity index is 635. The van der Waals surface area contributed by atoms with Gasteiger partial charge in [-0.25, -0.2) is 4.79 Å². The predicted molar refractivity (Wildman–Crippen MR) is 89.9 cm³/mol. The number of aliphatic hydroxyl groups excluding tert-OH is 1. The summed E-state index contributed by atoms with van der Waals surface area (Å²) >= 11 is 11.6. The monoisotopic (exact) mass is 375 g/mol. The third kappa shape index (κ3) is 5.43. The molecular weight excluding hydrogens is 357 g/mol. The number of aromatic nitrogens is 2. The summed E-state index contributed by atoms with van der Waals surface area (Å²) in [5, 5.41) is 19.0. The minimum atomic E-state index is -0.820. The summed E-state index contributed by atoms with van der Waals surface area (Å²) in [4.78, 5) is 24.7. The second-order valence-electron chi connectivity index (χ2n) is 5.18. The Hall–Kier alpha value is -1.70. The largest absolute Gasteiger partial charge is 0.462 e. The lowest BCUT2D eigenvalue weighted by Gasteiger charge is -2.19. The van der Waals surface area contributed by atoms with Gasteiger partial charge in [0.25, 0.3) is 0 Å². The van der Waals surface area contributed by atoms with Gasteiger partial charge in [-0.1, -0.05) is 37.0 Å². The molecule has 0 radical (unpaired) electrons. The molecule has 24 heavy (non-hydrogen) atoms. The molecule has 9 heteroatoms. The van der Waals surface area contributed by atoms with Crippen molar-refractivity contribution in [3.05, 3.63) is 33.7 Å².